The number of nitrogens with zero attached hydrogens (tertiary/aromatic N) is 1. The third-order valence-corrected chi connectivity index (χ3v) is 4.67. The Morgan fingerprint density at radius 2 is 2.25 bits per heavy atom. The second-order valence-corrected chi connectivity index (χ2v) is 6.42. The van der Waals surface area contributed by atoms with Crippen LogP contribution in [0.15, 0.2) is 17.5 Å². The molecular formula is C15H25N3OS. The Hall–Kier alpha value is -0.910. The Balaban J connectivity index is 1.61. The minimum atomic E-state index is 0.142. The van der Waals surface area contributed by atoms with Gasteiger partial charge in [0.15, 0.2) is 0 Å². The van der Waals surface area contributed by atoms with Crippen molar-refractivity contribution in [1.82, 2.24) is 15.5 Å². The van der Waals surface area contributed by atoms with Crippen LogP contribution in [0.2, 0.25) is 0 Å². The second-order valence-electron chi connectivity index (χ2n) is 5.38. The van der Waals surface area contributed by atoms with E-state index in [-0.39, 0.29) is 5.91 Å². The van der Waals surface area contributed by atoms with Gasteiger partial charge in [-0.1, -0.05) is 13.0 Å². The molecule has 0 bridgehead atoms. The first-order valence-corrected chi connectivity index (χ1v) is 8.38. The summed E-state index contributed by atoms with van der Waals surface area (Å²) in [4.78, 5) is 15.4. The topological polar surface area (TPSA) is 44.4 Å². The van der Waals surface area contributed by atoms with Gasteiger partial charge in [0, 0.05) is 4.88 Å². The van der Waals surface area contributed by atoms with Gasteiger partial charge in [-0.25, -0.2) is 0 Å². The number of carbonyl (C=O) groups excluding carboxylic acids is 1. The quantitative estimate of drug-likeness (QED) is 0.804. The molecule has 5 heteroatoms. The van der Waals surface area contributed by atoms with Crippen molar-refractivity contribution in [2.24, 2.45) is 5.92 Å². The monoisotopic (exact) mass is 295 g/mol. The predicted molar refractivity (Wildman–Crippen MR) is 83.9 cm³/mol. The zero-order chi connectivity index (χ0) is 14.2. The van der Waals surface area contributed by atoms with Crippen molar-refractivity contribution in [3.8, 4) is 0 Å². The molecule has 1 aromatic heterocycles. The van der Waals surface area contributed by atoms with Crippen LogP contribution in [0.5, 0.6) is 0 Å². The maximum Gasteiger partial charge on any atom is 0.234 e. The molecule has 1 aliphatic rings. The van der Waals surface area contributed by atoms with Crippen molar-refractivity contribution in [1.29, 1.82) is 0 Å². The lowest BCUT2D eigenvalue weighted by Crippen LogP contribution is -2.42. The largest absolute Gasteiger partial charge is 0.350 e. The molecule has 1 saturated heterocycles. The fourth-order valence-electron chi connectivity index (χ4n) is 2.55. The van der Waals surface area contributed by atoms with E-state index in [0.717, 1.165) is 32.1 Å². The predicted octanol–water partition coefficient (Wildman–Crippen LogP) is 1.69. The van der Waals surface area contributed by atoms with Gasteiger partial charge < -0.3 is 10.6 Å². The number of thiophene rings is 1. The number of piperidine rings is 1. The van der Waals surface area contributed by atoms with Crippen LogP contribution in [0.1, 0.15) is 24.6 Å². The van der Waals surface area contributed by atoms with E-state index in [1.165, 1.54) is 17.7 Å². The van der Waals surface area contributed by atoms with Crippen LogP contribution < -0.4 is 10.6 Å². The van der Waals surface area contributed by atoms with Crippen molar-refractivity contribution >= 4 is 17.2 Å². The summed E-state index contributed by atoms with van der Waals surface area (Å²) in [6.07, 6.45) is 2.40. The molecule has 2 heterocycles. The summed E-state index contributed by atoms with van der Waals surface area (Å²) >= 11 is 1.68. The molecule has 1 aromatic rings. The Bertz CT molecular complexity index is 386. The average molecular weight is 295 g/mol. The van der Waals surface area contributed by atoms with Crippen molar-refractivity contribution in [2.75, 3.05) is 32.7 Å². The number of nitrogens with one attached hydrogen (secondary N) is 2. The lowest BCUT2D eigenvalue weighted by molar-refractivity contribution is -0.122. The van der Waals surface area contributed by atoms with Gasteiger partial charge in [0.25, 0.3) is 0 Å². The normalized spacial score (nSPS) is 17.2. The Labute approximate surface area is 125 Å². The summed E-state index contributed by atoms with van der Waals surface area (Å²) in [7, 11) is 0. The van der Waals surface area contributed by atoms with E-state index in [1.54, 1.807) is 11.3 Å². The van der Waals surface area contributed by atoms with Gasteiger partial charge in [-0.3, -0.25) is 9.69 Å². The average Bonchev–Trinajstić information content (AvgIpc) is 2.98. The number of rotatable bonds is 7. The summed E-state index contributed by atoms with van der Waals surface area (Å²) < 4.78 is 0. The molecular weight excluding hydrogens is 270 g/mol. The first-order chi connectivity index (χ1) is 9.78. The van der Waals surface area contributed by atoms with Crippen LogP contribution >= 0.6 is 11.3 Å². The van der Waals surface area contributed by atoms with Crippen LogP contribution in [0.25, 0.3) is 0 Å². The molecule has 2 rings (SSSR count). The van der Waals surface area contributed by atoms with E-state index in [2.05, 4.69) is 28.5 Å². The highest BCUT2D eigenvalue weighted by molar-refractivity contribution is 7.09. The highest BCUT2D eigenvalue weighted by atomic mass is 32.1. The number of hydrogen-bond acceptors (Lipinski definition) is 4. The van der Waals surface area contributed by atoms with E-state index < -0.39 is 0 Å². The van der Waals surface area contributed by atoms with Crippen LogP contribution in [0.3, 0.4) is 0 Å². The van der Waals surface area contributed by atoms with Gasteiger partial charge in [0.05, 0.1) is 13.1 Å². The summed E-state index contributed by atoms with van der Waals surface area (Å²) in [5.41, 5.74) is 0. The summed E-state index contributed by atoms with van der Waals surface area (Å²) in [5.74, 6) is 0.920. The van der Waals surface area contributed by atoms with E-state index in [4.69, 9.17) is 0 Å². The van der Waals surface area contributed by atoms with Gasteiger partial charge in [-0.15, -0.1) is 11.3 Å². The number of amides is 1. The fraction of sp³-hybridized carbons (Fsp3) is 0.667. The lowest BCUT2D eigenvalue weighted by Gasteiger charge is -2.31. The molecule has 0 aliphatic carbocycles. The van der Waals surface area contributed by atoms with Crippen molar-refractivity contribution in [2.45, 2.75) is 26.3 Å². The van der Waals surface area contributed by atoms with Gasteiger partial charge >= 0.3 is 0 Å². The molecule has 0 unspecified atom stereocenters. The fourth-order valence-corrected chi connectivity index (χ4v) is 3.20. The van der Waals surface area contributed by atoms with Gasteiger partial charge in [-0.2, -0.15) is 0 Å². The molecule has 0 atom stereocenters. The molecule has 1 fully saturated rings. The van der Waals surface area contributed by atoms with Crippen LogP contribution in [-0.2, 0) is 11.3 Å². The van der Waals surface area contributed by atoms with E-state index >= 15 is 0 Å². The molecule has 1 amide bonds. The first kappa shape index (κ1) is 15.5. The van der Waals surface area contributed by atoms with Crippen LogP contribution in [0, 0.1) is 5.92 Å². The Morgan fingerprint density at radius 3 is 2.90 bits per heavy atom. The number of carbonyl (C=O) groups is 1. The van der Waals surface area contributed by atoms with Gasteiger partial charge in [0.2, 0.25) is 5.91 Å². The molecule has 0 aromatic carbocycles. The lowest BCUT2D eigenvalue weighted by atomic mass is 9.97. The molecule has 0 spiro atoms. The zero-order valence-corrected chi connectivity index (χ0v) is 13.0. The maximum atomic E-state index is 11.9. The molecule has 2 N–H and O–H groups in total. The SMILES string of the molecule is CCNCC1CCN(CC(=O)NCc2cccs2)CC1. The van der Waals surface area contributed by atoms with Crippen molar-refractivity contribution in [3.63, 3.8) is 0 Å². The van der Waals surface area contributed by atoms with Crippen LogP contribution in [0.4, 0.5) is 0 Å². The maximum absolute atomic E-state index is 11.9. The second kappa shape index (κ2) is 8.39. The smallest absolute Gasteiger partial charge is 0.234 e. The van der Waals surface area contributed by atoms with Crippen molar-refractivity contribution in [3.05, 3.63) is 22.4 Å². The van der Waals surface area contributed by atoms with E-state index in [9.17, 15) is 4.79 Å². The zero-order valence-electron chi connectivity index (χ0n) is 12.2. The van der Waals surface area contributed by atoms with Crippen molar-refractivity contribution < 1.29 is 4.79 Å². The number of likely N-dealkylation sites (tertiary alicyclic amines) is 1. The molecule has 20 heavy (non-hydrogen) atoms. The van der Waals surface area contributed by atoms with Gasteiger partial charge in [0.1, 0.15) is 0 Å². The first-order valence-electron chi connectivity index (χ1n) is 7.50. The Morgan fingerprint density at radius 1 is 1.45 bits per heavy atom. The van der Waals surface area contributed by atoms with E-state index in [0.29, 0.717) is 13.1 Å². The Kier molecular flexibility index (Phi) is 6.50. The number of hydrogen-bond donors (Lipinski definition) is 2. The third-order valence-electron chi connectivity index (χ3n) is 3.80. The van der Waals surface area contributed by atoms with E-state index in [1.807, 2.05) is 11.4 Å². The van der Waals surface area contributed by atoms with Gasteiger partial charge in [-0.05, 0) is 56.4 Å². The highest BCUT2D eigenvalue weighted by Crippen LogP contribution is 2.16. The summed E-state index contributed by atoms with van der Waals surface area (Å²) in [5, 5.41) is 8.45. The molecule has 112 valence electrons. The molecule has 4 nitrogen and oxygen atoms in total. The molecule has 0 radical (unpaired) electrons. The third kappa shape index (κ3) is 5.23. The van der Waals surface area contributed by atoms with Crippen LogP contribution in [-0.4, -0.2) is 43.5 Å². The highest BCUT2D eigenvalue weighted by Gasteiger charge is 2.20. The summed E-state index contributed by atoms with van der Waals surface area (Å²) in [6.45, 7) is 7.60. The molecule has 0 saturated carbocycles. The standard InChI is InChI=1S/C15H25N3OS/c1-2-16-10-13-5-7-18(8-6-13)12-15(19)17-11-14-4-3-9-20-14/h3-4,9,13,16H,2,5-8,10-12H2,1H3,(H,17,19). The summed E-state index contributed by atoms with van der Waals surface area (Å²) in [6, 6.07) is 4.07. The molecule has 1 aliphatic heterocycles. The minimum absolute atomic E-state index is 0.142. The minimum Gasteiger partial charge on any atom is -0.350 e.